The van der Waals surface area contributed by atoms with Crippen LogP contribution in [0.1, 0.15) is 31.7 Å². The zero-order chi connectivity index (χ0) is 15.4. The van der Waals surface area contributed by atoms with E-state index < -0.39 is 0 Å². The van der Waals surface area contributed by atoms with Gasteiger partial charge in [-0.2, -0.15) is 5.10 Å². The third-order valence-corrected chi connectivity index (χ3v) is 4.18. The first kappa shape index (κ1) is 14.6. The van der Waals surface area contributed by atoms with Crippen LogP contribution in [0.3, 0.4) is 0 Å². The fourth-order valence-corrected chi connectivity index (χ4v) is 2.58. The Morgan fingerprint density at radius 2 is 1.86 bits per heavy atom. The van der Waals surface area contributed by atoms with E-state index in [0.717, 1.165) is 24.2 Å². The number of hydrogen-bond acceptors (Lipinski definition) is 2. The largest absolute Gasteiger partial charge is 0.492 e. The van der Waals surface area contributed by atoms with E-state index in [1.54, 1.807) is 0 Å². The first-order valence-corrected chi connectivity index (χ1v) is 7.91. The van der Waals surface area contributed by atoms with Crippen molar-refractivity contribution >= 4 is 10.9 Å². The second-order valence-electron chi connectivity index (χ2n) is 5.65. The van der Waals surface area contributed by atoms with Crippen LogP contribution in [0.25, 0.3) is 10.9 Å². The molecule has 1 unspecified atom stereocenters. The van der Waals surface area contributed by atoms with Crippen molar-refractivity contribution in [1.29, 1.82) is 0 Å². The van der Waals surface area contributed by atoms with Gasteiger partial charge in [-0.05, 0) is 36.1 Å². The van der Waals surface area contributed by atoms with Gasteiger partial charge in [0.2, 0.25) is 0 Å². The van der Waals surface area contributed by atoms with Crippen LogP contribution >= 0.6 is 0 Å². The zero-order valence-corrected chi connectivity index (χ0v) is 13.2. The van der Waals surface area contributed by atoms with Crippen LogP contribution in [0.15, 0.2) is 54.7 Å². The molecule has 2 aromatic carbocycles. The summed E-state index contributed by atoms with van der Waals surface area (Å²) in [6, 6.07) is 16.7. The molecule has 114 valence electrons. The van der Waals surface area contributed by atoms with Gasteiger partial charge in [-0.15, -0.1) is 0 Å². The third kappa shape index (κ3) is 3.14. The SMILES string of the molecule is CCC(C)c1ccc(OCCn2ncc3ccccc32)cc1. The molecule has 3 heteroatoms. The average Bonchev–Trinajstić information content (AvgIpc) is 2.98. The van der Waals surface area contributed by atoms with Crippen molar-refractivity contribution < 1.29 is 4.74 Å². The maximum absolute atomic E-state index is 5.84. The van der Waals surface area contributed by atoms with Crippen LogP contribution in [0, 0.1) is 0 Å². The third-order valence-electron chi connectivity index (χ3n) is 4.18. The van der Waals surface area contributed by atoms with E-state index in [0.29, 0.717) is 12.5 Å². The van der Waals surface area contributed by atoms with Gasteiger partial charge in [0.15, 0.2) is 0 Å². The lowest BCUT2D eigenvalue weighted by atomic mass is 9.99. The number of hydrogen-bond donors (Lipinski definition) is 0. The first-order valence-electron chi connectivity index (χ1n) is 7.91. The number of para-hydroxylation sites is 1. The molecular formula is C19H22N2O. The molecule has 1 heterocycles. The van der Waals surface area contributed by atoms with E-state index in [2.05, 4.69) is 55.3 Å². The summed E-state index contributed by atoms with van der Waals surface area (Å²) < 4.78 is 7.82. The second kappa shape index (κ2) is 6.65. The van der Waals surface area contributed by atoms with Crippen molar-refractivity contribution in [3.05, 3.63) is 60.3 Å². The summed E-state index contributed by atoms with van der Waals surface area (Å²) in [5.41, 5.74) is 2.52. The number of rotatable bonds is 6. The monoisotopic (exact) mass is 294 g/mol. The number of benzene rings is 2. The van der Waals surface area contributed by atoms with Crippen molar-refractivity contribution in [3.63, 3.8) is 0 Å². The highest BCUT2D eigenvalue weighted by Crippen LogP contribution is 2.21. The van der Waals surface area contributed by atoms with Gasteiger partial charge in [0, 0.05) is 5.39 Å². The van der Waals surface area contributed by atoms with Gasteiger partial charge >= 0.3 is 0 Å². The van der Waals surface area contributed by atoms with Crippen LogP contribution < -0.4 is 4.74 Å². The van der Waals surface area contributed by atoms with Crippen molar-refractivity contribution in [2.45, 2.75) is 32.7 Å². The molecule has 0 amide bonds. The van der Waals surface area contributed by atoms with Gasteiger partial charge in [-0.3, -0.25) is 4.68 Å². The van der Waals surface area contributed by atoms with Crippen molar-refractivity contribution in [1.82, 2.24) is 9.78 Å². The van der Waals surface area contributed by atoms with E-state index in [4.69, 9.17) is 4.74 Å². The molecule has 3 aromatic rings. The molecule has 0 aliphatic rings. The molecule has 0 fully saturated rings. The molecule has 1 atom stereocenters. The Bertz CT molecular complexity index is 731. The lowest BCUT2D eigenvalue weighted by molar-refractivity contribution is 0.293. The number of aromatic nitrogens is 2. The van der Waals surface area contributed by atoms with E-state index in [-0.39, 0.29) is 0 Å². The molecule has 0 N–H and O–H groups in total. The van der Waals surface area contributed by atoms with E-state index in [1.807, 2.05) is 23.0 Å². The molecule has 3 rings (SSSR count). The van der Waals surface area contributed by atoms with Crippen molar-refractivity contribution in [3.8, 4) is 5.75 Å². The smallest absolute Gasteiger partial charge is 0.119 e. The summed E-state index contributed by atoms with van der Waals surface area (Å²) in [5.74, 6) is 1.52. The van der Waals surface area contributed by atoms with Gasteiger partial charge in [-0.25, -0.2) is 0 Å². The van der Waals surface area contributed by atoms with Crippen LogP contribution in [-0.4, -0.2) is 16.4 Å². The van der Waals surface area contributed by atoms with Crippen molar-refractivity contribution in [2.75, 3.05) is 6.61 Å². The quantitative estimate of drug-likeness (QED) is 0.663. The standard InChI is InChI=1S/C19H22N2O/c1-3-15(2)16-8-10-18(11-9-16)22-13-12-21-19-7-5-4-6-17(19)14-20-21/h4-11,14-15H,3,12-13H2,1-2H3. The molecule has 0 bridgehead atoms. The van der Waals surface area contributed by atoms with Crippen LogP contribution in [0.5, 0.6) is 5.75 Å². The van der Waals surface area contributed by atoms with Gasteiger partial charge in [0.25, 0.3) is 0 Å². The average molecular weight is 294 g/mol. The van der Waals surface area contributed by atoms with E-state index in [9.17, 15) is 0 Å². The minimum atomic E-state index is 0.601. The Balaban J connectivity index is 1.59. The molecule has 0 spiro atoms. The molecule has 0 aliphatic heterocycles. The zero-order valence-electron chi connectivity index (χ0n) is 13.2. The predicted molar refractivity (Wildman–Crippen MR) is 90.4 cm³/mol. The molecule has 22 heavy (non-hydrogen) atoms. The lowest BCUT2D eigenvalue weighted by Crippen LogP contribution is -2.09. The maximum Gasteiger partial charge on any atom is 0.119 e. The lowest BCUT2D eigenvalue weighted by Gasteiger charge is -2.11. The topological polar surface area (TPSA) is 27.1 Å². The Morgan fingerprint density at radius 1 is 1.09 bits per heavy atom. The highest BCUT2D eigenvalue weighted by atomic mass is 16.5. The van der Waals surface area contributed by atoms with Gasteiger partial charge in [0.1, 0.15) is 12.4 Å². The molecular weight excluding hydrogens is 272 g/mol. The molecule has 0 saturated carbocycles. The Morgan fingerprint density at radius 3 is 2.64 bits per heavy atom. The fourth-order valence-electron chi connectivity index (χ4n) is 2.58. The summed E-state index contributed by atoms with van der Waals surface area (Å²) in [5, 5.41) is 5.58. The molecule has 0 saturated heterocycles. The Labute approximate surface area is 131 Å². The second-order valence-corrected chi connectivity index (χ2v) is 5.65. The Kier molecular flexibility index (Phi) is 4.42. The minimum Gasteiger partial charge on any atom is -0.492 e. The Hall–Kier alpha value is -2.29. The normalized spacial score (nSPS) is 12.5. The fraction of sp³-hybridized carbons (Fsp3) is 0.316. The molecule has 0 radical (unpaired) electrons. The predicted octanol–water partition coefficient (Wildman–Crippen LogP) is 4.63. The van der Waals surface area contributed by atoms with Gasteiger partial charge in [0.05, 0.1) is 18.3 Å². The van der Waals surface area contributed by atoms with Gasteiger partial charge < -0.3 is 4.74 Å². The first-order chi connectivity index (χ1) is 10.8. The molecule has 3 nitrogen and oxygen atoms in total. The van der Waals surface area contributed by atoms with E-state index in [1.165, 1.54) is 10.9 Å². The van der Waals surface area contributed by atoms with Gasteiger partial charge in [-0.1, -0.05) is 44.2 Å². The molecule has 1 aromatic heterocycles. The highest BCUT2D eigenvalue weighted by Gasteiger charge is 2.04. The van der Waals surface area contributed by atoms with Crippen LogP contribution in [0.4, 0.5) is 0 Å². The summed E-state index contributed by atoms with van der Waals surface area (Å²) in [7, 11) is 0. The number of fused-ring (bicyclic) bond motifs is 1. The number of nitrogens with zero attached hydrogens (tertiary/aromatic N) is 2. The number of ether oxygens (including phenoxy) is 1. The van der Waals surface area contributed by atoms with Crippen molar-refractivity contribution in [2.24, 2.45) is 0 Å². The van der Waals surface area contributed by atoms with E-state index >= 15 is 0 Å². The minimum absolute atomic E-state index is 0.601. The summed E-state index contributed by atoms with van der Waals surface area (Å²) in [4.78, 5) is 0. The summed E-state index contributed by atoms with van der Waals surface area (Å²) in [6.45, 7) is 5.83. The highest BCUT2D eigenvalue weighted by molar-refractivity contribution is 5.78. The maximum atomic E-state index is 5.84. The molecule has 0 aliphatic carbocycles. The van der Waals surface area contributed by atoms with Crippen LogP contribution in [-0.2, 0) is 6.54 Å². The van der Waals surface area contributed by atoms with Crippen LogP contribution in [0.2, 0.25) is 0 Å². The summed E-state index contributed by atoms with van der Waals surface area (Å²) in [6.07, 6.45) is 3.06. The summed E-state index contributed by atoms with van der Waals surface area (Å²) >= 11 is 0.